The predicted octanol–water partition coefficient (Wildman–Crippen LogP) is 0.358. The fourth-order valence-corrected chi connectivity index (χ4v) is 3.28. The van der Waals surface area contributed by atoms with E-state index >= 15 is 0 Å². The summed E-state index contributed by atoms with van der Waals surface area (Å²) in [6.45, 7) is 0.152. The van der Waals surface area contributed by atoms with Gasteiger partial charge in [0.25, 0.3) is 0 Å². The van der Waals surface area contributed by atoms with Crippen LogP contribution in [0.4, 0.5) is 8.78 Å². The van der Waals surface area contributed by atoms with Crippen molar-refractivity contribution in [2.45, 2.75) is 13.2 Å². The number of fused-ring (bicyclic) bond motifs is 1. The number of aromatic carboxylic acids is 1. The minimum Gasteiger partial charge on any atom is -0.543 e. The number of halogens is 3. The molecule has 2 heterocycles. The molecular formula is C21H13ClF2N3NaO3. The number of aromatic nitrogens is 3. The Hall–Kier alpha value is -2.52. The molecule has 0 bridgehead atoms. The molecule has 2 aromatic carbocycles. The van der Waals surface area contributed by atoms with Gasteiger partial charge in [0.05, 0.1) is 18.2 Å². The fourth-order valence-electron chi connectivity index (χ4n) is 3.08. The topological polar surface area (TPSA) is 80.1 Å². The summed E-state index contributed by atoms with van der Waals surface area (Å²) in [5.74, 6) is -2.32. The van der Waals surface area contributed by atoms with E-state index in [2.05, 4.69) is 9.97 Å². The van der Waals surface area contributed by atoms with Gasteiger partial charge < -0.3 is 19.2 Å². The third kappa shape index (κ3) is 5.04. The largest absolute Gasteiger partial charge is 1.00 e. The molecule has 4 rings (SSSR count). The van der Waals surface area contributed by atoms with Crippen LogP contribution in [0.2, 0.25) is 5.02 Å². The van der Waals surface area contributed by atoms with E-state index in [0.717, 1.165) is 18.5 Å². The zero-order chi connectivity index (χ0) is 21.3. The van der Waals surface area contributed by atoms with Gasteiger partial charge in [-0.1, -0.05) is 11.6 Å². The van der Waals surface area contributed by atoms with Crippen molar-refractivity contribution >= 4 is 28.6 Å². The second kappa shape index (κ2) is 9.74. The van der Waals surface area contributed by atoms with E-state index < -0.39 is 17.6 Å². The molecule has 152 valence electrons. The first-order valence-corrected chi connectivity index (χ1v) is 9.16. The molecule has 0 aliphatic heterocycles. The van der Waals surface area contributed by atoms with Crippen LogP contribution in [0.5, 0.6) is 5.75 Å². The maximum absolute atomic E-state index is 13.9. The van der Waals surface area contributed by atoms with E-state index in [4.69, 9.17) is 16.3 Å². The molecule has 10 heteroatoms. The molecule has 0 atom stereocenters. The molecule has 0 aliphatic carbocycles. The Morgan fingerprint density at radius 2 is 1.90 bits per heavy atom. The minimum atomic E-state index is -1.40. The maximum Gasteiger partial charge on any atom is 1.00 e. The molecule has 0 aliphatic rings. The number of carboxylic acid groups (broad SMARTS) is 1. The average Bonchev–Trinajstić information content (AvgIpc) is 3.11. The van der Waals surface area contributed by atoms with Gasteiger partial charge in [-0.15, -0.1) is 0 Å². The van der Waals surface area contributed by atoms with Gasteiger partial charge in [0, 0.05) is 33.8 Å². The monoisotopic (exact) mass is 451 g/mol. The van der Waals surface area contributed by atoms with E-state index in [0.29, 0.717) is 27.4 Å². The molecule has 0 radical (unpaired) electrons. The van der Waals surface area contributed by atoms with Gasteiger partial charge in [-0.2, -0.15) is 0 Å². The molecule has 0 fully saturated rings. The molecule has 2 aromatic heterocycles. The van der Waals surface area contributed by atoms with Crippen LogP contribution in [-0.4, -0.2) is 20.5 Å². The molecular weight excluding hydrogens is 439 g/mol. The number of nitrogens with zero attached hydrogens (tertiary/aromatic N) is 3. The molecule has 31 heavy (non-hydrogen) atoms. The number of rotatable bonds is 6. The Labute approximate surface area is 202 Å². The Bertz CT molecular complexity index is 1270. The van der Waals surface area contributed by atoms with Crippen molar-refractivity contribution in [1.82, 2.24) is 14.5 Å². The summed E-state index contributed by atoms with van der Waals surface area (Å²) in [7, 11) is 0. The van der Waals surface area contributed by atoms with Crippen LogP contribution in [0.15, 0.2) is 55.0 Å². The van der Waals surface area contributed by atoms with Gasteiger partial charge >= 0.3 is 29.6 Å². The third-order valence-electron chi connectivity index (χ3n) is 4.51. The van der Waals surface area contributed by atoms with Gasteiger partial charge in [0.15, 0.2) is 0 Å². The van der Waals surface area contributed by atoms with Crippen molar-refractivity contribution in [3.05, 3.63) is 88.5 Å². The summed E-state index contributed by atoms with van der Waals surface area (Å²) in [5.41, 5.74) is 1.07. The Morgan fingerprint density at radius 1 is 1.10 bits per heavy atom. The van der Waals surface area contributed by atoms with Gasteiger partial charge in [-0.3, -0.25) is 0 Å². The van der Waals surface area contributed by atoms with Crippen LogP contribution in [0, 0.1) is 11.6 Å². The number of benzene rings is 2. The Morgan fingerprint density at radius 3 is 2.65 bits per heavy atom. The van der Waals surface area contributed by atoms with Crippen molar-refractivity contribution in [1.29, 1.82) is 0 Å². The second-order valence-corrected chi connectivity index (χ2v) is 6.90. The van der Waals surface area contributed by atoms with Gasteiger partial charge in [0.1, 0.15) is 36.0 Å². The zero-order valence-electron chi connectivity index (χ0n) is 16.3. The molecule has 0 N–H and O–H groups in total. The summed E-state index contributed by atoms with van der Waals surface area (Å²) in [4.78, 5) is 19.1. The summed E-state index contributed by atoms with van der Waals surface area (Å²) in [6.07, 6.45) is 2.81. The van der Waals surface area contributed by atoms with E-state index in [-0.39, 0.29) is 54.0 Å². The zero-order valence-corrected chi connectivity index (χ0v) is 19.1. The average molecular weight is 452 g/mol. The van der Waals surface area contributed by atoms with Gasteiger partial charge in [-0.05, 0) is 36.4 Å². The van der Waals surface area contributed by atoms with Crippen LogP contribution in [0.3, 0.4) is 0 Å². The van der Waals surface area contributed by atoms with Crippen molar-refractivity contribution in [2.24, 2.45) is 0 Å². The molecule has 0 saturated heterocycles. The standard InChI is InChI=1S/C21H14ClF2N3O3.Na/c22-14-2-4-18(30-10-12-1-3-15(23)8-17(12)24)13(7-14)9-27-6-5-16-19(21(28)29)25-11-26-20(16)27;/h1-8,11H,9-10H2,(H,28,29);/q;+1/p-1. The number of carbonyl (C=O) groups is 1. The van der Waals surface area contributed by atoms with Gasteiger partial charge in [0.2, 0.25) is 0 Å². The van der Waals surface area contributed by atoms with Crippen molar-refractivity contribution in [3.8, 4) is 5.75 Å². The number of carboxylic acids is 1. The number of ether oxygens (including phenoxy) is 1. The second-order valence-electron chi connectivity index (χ2n) is 6.47. The first kappa shape index (κ1) is 23.1. The first-order valence-electron chi connectivity index (χ1n) is 8.78. The number of carbonyl (C=O) groups excluding carboxylic acids is 1. The molecule has 0 spiro atoms. The van der Waals surface area contributed by atoms with Crippen molar-refractivity contribution in [3.63, 3.8) is 0 Å². The molecule has 4 aromatic rings. The van der Waals surface area contributed by atoms with E-state index in [1.165, 1.54) is 6.07 Å². The molecule has 6 nitrogen and oxygen atoms in total. The first-order chi connectivity index (χ1) is 14.4. The van der Waals surface area contributed by atoms with E-state index in [1.54, 1.807) is 35.0 Å². The SMILES string of the molecule is O=C([O-])c1ncnc2c1ccn2Cc1cc(Cl)ccc1OCc1ccc(F)cc1F.[Na+]. The Balaban J connectivity index is 0.00000272. The van der Waals surface area contributed by atoms with E-state index in [9.17, 15) is 18.7 Å². The van der Waals surface area contributed by atoms with Crippen LogP contribution in [-0.2, 0) is 13.2 Å². The van der Waals surface area contributed by atoms with Crippen LogP contribution in [0.25, 0.3) is 11.0 Å². The predicted molar refractivity (Wildman–Crippen MR) is 103 cm³/mol. The normalized spacial score (nSPS) is 10.7. The minimum absolute atomic E-state index is 0. The molecule has 0 saturated carbocycles. The van der Waals surface area contributed by atoms with Crippen molar-refractivity contribution < 1.29 is 53.0 Å². The van der Waals surface area contributed by atoms with Crippen LogP contribution in [0.1, 0.15) is 21.6 Å². The van der Waals surface area contributed by atoms with Crippen LogP contribution < -0.4 is 39.4 Å². The molecule has 0 amide bonds. The summed E-state index contributed by atoms with van der Waals surface area (Å²) in [6, 6.07) is 9.81. The summed E-state index contributed by atoms with van der Waals surface area (Å²) >= 11 is 6.12. The van der Waals surface area contributed by atoms with Crippen LogP contribution >= 0.6 is 11.6 Å². The smallest absolute Gasteiger partial charge is 0.543 e. The van der Waals surface area contributed by atoms with Crippen molar-refractivity contribution in [2.75, 3.05) is 0 Å². The summed E-state index contributed by atoms with van der Waals surface area (Å²) in [5, 5.41) is 12.1. The van der Waals surface area contributed by atoms with Gasteiger partial charge in [-0.25, -0.2) is 18.7 Å². The maximum atomic E-state index is 13.9. The number of hydrogen-bond donors (Lipinski definition) is 0. The Kier molecular flexibility index (Phi) is 7.27. The summed E-state index contributed by atoms with van der Waals surface area (Å²) < 4.78 is 34.4. The molecule has 0 unspecified atom stereocenters. The fraction of sp³-hybridized carbons (Fsp3) is 0.0952. The van der Waals surface area contributed by atoms with E-state index in [1.807, 2.05) is 0 Å². The number of hydrogen-bond acceptors (Lipinski definition) is 5. The third-order valence-corrected chi connectivity index (χ3v) is 4.75. The quantitative estimate of drug-likeness (QED) is 0.395.